The molecule has 1 aromatic heterocycles. The molecule has 0 saturated carbocycles. The van der Waals surface area contributed by atoms with Gasteiger partial charge in [0.15, 0.2) is 0 Å². The van der Waals surface area contributed by atoms with Gasteiger partial charge in [-0.15, -0.1) is 0 Å². The van der Waals surface area contributed by atoms with Crippen molar-refractivity contribution >= 4 is 18.1 Å². The largest absolute Gasteiger partial charge is 0.462 e. The van der Waals surface area contributed by atoms with Crippen LogP contribution in [0.1, 0.15) is 34.1 Å². The van der Waals surface area contributed by atoms with Crippen molar-refractivity contribution < 1.29 is 9.53 Å². The van der Waals surface area contributed by atoms with E-state index in [2.05, 4.69) is 34.1 Å². The third-order valence-electron chi connectivity index (χ3n) is 3.25. The molecule has 2 rings (SSSR count). The Morgan fingerprint density at radius 2 is 1.91 bits per heavy atom. The molecule has 0 unspecified atom stereocenters. The molecule has 1 aromatic carbocycles. The number of esters is 1. The molecule has 0 aliphatic heterocycles. The van der Waals surface area contributed by atoms with Crippen molar-refractivity contribution in [3.8, 4) is 0 Å². The second kappa shape index (κ2) is 8.25. The fraction of sp³-hybridized carbons (Fsp3) is 0.263. The standard InChI is InChI=1S/C19H22N2O2/c1-4-23-19(22)17-6-5-13-20-18(17)12-11-15-7-9-16(10-8-15)14-21(2)3/h5-13H,4,14H2,1-3H3/b12-11+. The number of pyridine rings is 1. The van der Waals surface area contributed by atoms with E-state index < -0.39 is 0 Å². The van der Waals surface area contributed by atoms with E-state index in [1.165, 1.54) is 5.56 Å². The van der Waals surface area contributed by atoms with Crippen molar-refractivity contribution in [2.75, 3.05) is 20.7 Å². The number of nitrogens with zero attached hydrogens (tertiary/aromatic N) is 2. The predicted molar refractivity (Wildman–Crippen MR) is 93.0 cm³/mol. The molecule has 0 amide bonds. The van der Waals surface area contributed by atoms with E-state index in [0.29, 0.717) is 17.9 Å². The Balaban J connectivity index is 2.15. The van der Waals surface area contributed by atoms with E-state index in [1.807, 2.05) is 26.2 Å². The van der Waals surface area contributed by atoms with E-state index in [-0.39, 0.29) is 5.97 Å². The van der Waals surface area contributed by atoms with Gasteiger partial charge in [-0.1, -0.05) is 30.3 Å². The van der Waals surface area contributed by atoms with Crippen molar-refractivity contribution in [1.29, 1.82) is 0 Å². The fourth-order valence-corrected chi connectivity index (χ4v) is 2.21. The number of carbonyl (C=O) groups excluding carboxylic acids is 1. The van der Waals surface area contributed by atoms with E-state index in [9.17, 15) is 4.79 Å². The lowest BCUT2D eigenvalue weighted by molar-refractivity contribution is 0.0525. The average Bonchev–Trinajstić information content (AvgIpc) is 2.54. The van der Waals surface area contributed by atoms with Gasteiger partial charge in [-0.2, -0.15) is 0 Å². The molecule has 0 bridgehead atoms. The summed E-state index contributed by atoms with van der Waals surface area (Å²) < 4.78 is 5.06. The molecule has 0 aliphatic carbocycles. The minimum absolute atomic E-state index is 0.346. The molecular formula is C19H22N2O2. The number of rotatable bonds is 6. The van der Waals surface area contributed by atoms with Gasteiger partial charge >= 0.3 is 5.97 Å². The molecule has 0 spiro atoms. The molecule has 4 nitrogen and oxygen atoms in total. The smallest absolute Gasteiger partial charge is 0.340 e. The van der Waals surface area contributed by atoms with Crippen LogP contribution < -0.4 is 0 Å². The van der Waals surface area contributed by atoms with Crippen LogP contribution in [0.25, 0.3) is 12.2 Å². The third-order valence-corrected chi connectivity index (χ3v) is 3.25. The first kappa shape index (κ1) is 16.9. The van der Waals surface area contributed by atoms with Gasteiger partial charge in [0, 0.05) is 12.7 Å². The van der Waals surface area contributed by atoms with Gasteiger partial charge in [-0.05, 0) is 50.4 Å². The third kappa shape index (κ3) is 5.04. The van der Waals surface area contributed by atoms with Crippen LogP contribution in [0.2, 0.25) is 0 Å². The van der Waals surface area contributed by atoms with Crippen LogP contribution in [0, 0.1) is 0 Å². The van der Waals surface area contributed by atoms with Gasteiger partial charge in [0.1, 0.15) is 0 Å². The molecule has 0 N–H and O–H groups in total. The van der Waals surface area contributed by atoms with E-state index in [4.69, 9.17) is 4.74 Å². The van der Waals surface area contributed by atoms with Crippen LogP contribution in [0.3, 0.4) is 0 Å². The Morgan fingerprint density at radius 1 is 1.17 bits per heavy atom. The average molecular weight is 310 g/mol. The monoisotopic (exact) mass is 310 g/mol. The SMILES string of the molecule is CCOC(=O)c1cccnc1/C=C/c1ccc(CN(C)C)cc1. The first-order valence-corrected chi connectivity index (χ1v) is 7.64. The van der Waals surface area contributed by atoms with Gasteiger partial charge in [0.05, 0.1) is 17.9 Å². The number of carbonyl (C=O) groups is 1. The zero-order valence-corrected chi connectivity index (χ0v) is 13.8. The number of benzene rings is 1. The molecule has 2 aromatic rings. The zero-order chi connectivity index (χ0) is 16.7. The van der Waals surface area contributed by atoms with E-state index >= 15 is 0 Å². The van der Waals surface area contributed by atoms with Crippen molar-refractivity contribution in [3.63, 3.8) is 0 Å². The topological polar surface area (TPSA) is 42.4 Å². The molecule has 0 radical (unpaired) electrons. The summed E-state index contributed by atoms with van der Waals surface area (Å²) in [7, 11) is 4.09. The fourth-order valence-electron chi connectivity index (χ4n) is 2.21. The highest BCUT2D eigenvalue weighted by molar-refractivity contribution is 5.93. The summed E-state index contributed by atoms with van der Waals surface area (Å²) in [6, 6.07) is 11.8. The zero-order valence-electron chi connectivity index (χ0n) is 13.8. The Bertz CT molecular complexity index is 676. The minimum Gasteiger partial charge on any atom is -0.462 e. The highest BCUT2D eigenvalue weighted by Crippen LogP contribution is 2.13. The Labute approximate surface area is 137 Å². The molecule has 120 valence electrons. The van der Waals surface area contributed by atoms with Gasteiger partial charge in [-0.3, -0.25) is 4.98 Å². The number of hydrogen-bond acceptors (Lipinski definition) is 4. The van der Waals surface area contributed by atoms with E-state index in [0.717, 1.165) is 12.1 Å². The second-order valence-corrected chi connectivity index (χ2v) is 5.47. The van der Waals surface area contributed by atoms with Crippen LogP contribution in [0.4, 0.5) is 0 Å². The highest BCUT2D eigenvalue weighted by atomic mass is 16.5. The maximum absolute atomic E-state index is 11.9. The summed E-state index contributed by atoms with van der Waals surface area (Å²) >= 11 is 0. The van der Waals surface area contributed by atoms with Crippen LogP contribution in [0.15, 0.2) is 42.6 Å². The first-order valence-electron chi connectivity index (χ1n) is 7.64. The first-order chi connectivity index (χ1) is 11.1. The van der Waals surface area contributed by atoms with Gasteiger partial charge < -0.3 is 9.64 Å². The maximum atomic E-state index is 11.9. The molecule has 23 heavy (non-hydrogen) atoms. The quantitative estimate of drug-likeness (QED) is 0.766. The van der Waals surface area contributed by atoms with Crippen molar-refractivity contribution in [3.05, 3.63) is 65.0 Å². The summed E-state index contributed by atoms with van der Waals surface area (Å²) in [5.41, 5.74) is 3.42. The molecular weight excluding hydrogens is 288 g/mol. The molecule has 4 heteroatoms. The molecule has 0 saturated heterocycles. The Kier molecular flexibility index (Phi) is 6.06. The lowest BCUT2D eigenvalue weighted by Crippen LogP contribution is -2.10. The minimum atomic E-state index is -0.346. The molecule has 0 atom stereocenters. The normalized spacial score (nSPS) is 11.1. The van der Waals surface area contributed by atoms with Crippen molar-refractivity contribution in [2.24, 2.45) is 0 Å². The maximum Gasteiger partial charge on any atom is 0.340 e. The Hall–Kier alpha value is -2.46. The summed E-state index contributed by atoms with van der Waals surface area (Å²) in [6.07, 6.45) is 5.46. The van der Waals surface area contributed by atoms with Crippen molar-refractivity contribution in [2.45, 2.75) is 13.5 Å². The van der Waals surface area contributed by atoms with Crippen LogP contribution in [-0.2, 0) is 11.3 Å². The van der Waals surface area contributed by atoms with Gasteiger partial charge in [-0.25, -0.2) is 4.79 Å². The lowest BCUT2D eigenvalue weighted by Gasteiger charge is -2.09. The van der Waals surface area contributed by atoms with Gasteiger partial charge in [0.2, 0.25) is 0 Å². The summed E-state index contributed by atoms with van der Waals surface area (Å²) in [5, 5.41) is 0. The predicted octanol–water partition coefficient (Wildman–Crippen LogP) is 3.49. The van der Waals surface area contributed by atoms with Crippen LogP contribution >= 0.6 is 0 Å². The summed E-state index contributed by atoms with van der Waals surface area (Å²) in [6.45, 7) is 3.06. The van der Waals surface area contributed by atoms with Crippen LogP contribution in [0.5, 0.6) is 0 Å². The number of aromatic nitrogens is 1. The van der Waals surface area contributed by atoms with Crippen LogP contribution in [-0.4, -0.2) is 36.6 Å². The van der Waals surface area contributed by atoms with Gasteiger partial charge in [0.25, 0.3) is 0 Å². The molecule has 1 heterocycles. The molecule has 0 aliphatic rings. The van der Waals surface area contributed by atoms with E-state index in [1.54, 1.807) is 25.3 Å². The highest BCUT2D eigenvalue weighted by Gasteiger charge is 2.10. The number of ether oxygens (including phenoxy) is 1. The van der Waals surface area contributed by atoms with Crippen molar-refractivity contribution in [1.82, 2.24) is 9.88 Å². The summed E-state index contributed by atoms with van der Waals surface area (Å²) in [4.78, 5) is 18.3. The lowest BCUT2D eigenvalue weighted by atomic mass is 10.1. The second-order valence-electron chi connectivity index (χ2n) is 5.47. The Morgan fingerprint density at radius 3 is 2.57 bits per heavy atom. The molecule has 0 fully saturated rings. The number of hydrogen-bond donors (Lipinski definition) is 0. The summed E-state index contributed by atoms with van der Waals surface area (Å²) in [5.74, 6) is -0.346.